The maximum Gasteiger partial charge on any atom is 0.393 e. The number of benzene rings is 1. The largest absolute Gasteiger partial charge is 0.491 e. The number of hydrogen-bond donors (Lipinski definition) is 1. The van der Waals surface area contributed by atoms with Crippen molar-refractivity contribution in [2.75, 3.05) is 6.54 Å². The minimum absolute atomic E-state index is 0.0524. The van der Waals surface area contributed by atoms with Crippen molar-refractivity contribution in [1.29, 1.82) is 0 Å². The number of piperidine rings is 1. The van der Waals surface area contributed by atoms with Gasteiger partial charge in [-0.15, -0.1) is 0 Å². The summed E-state index contributed by atoms with van der Waals surface area (Å²) in [5.41, 5.74) is 0.670. The van der Waals surface area contributed by atoms with Crippen LogP contribution in [0.5, 0.6) is 5.75 Å². The summed E-state index contributed by atoms with van der Waals surface area (Å²) in [5.74, 6) is -0.628. The van der Waals surface area contributed by atoms with E-state index in [4.69, 9.17) is 4.74 Å². The van der Waals surface area contributed by atoms with E-state index in [1.54, 1.807) is 24.3 Å². The molecule has 2 rings (SSSR count). The van der Waals surface area contributed by atoms with Crippen LogP contribution in [-0.2, 0) is 0 Å². The zero-order valence-corrected chi connectivity index (χ0v) is 11.7. The van der Waals surface area contributed by atoms with E-state index in [0.717, 1.165) is 0 Å². The first-order chi connectivity index (χ1) is 9.38. The molecule has 1 aliphatic rings. The summed E-state index contributed by atoms with van der Waals surface area (Å²) >= 11 is 0. The Morgan fingerprint density at radius 1 is 1.20 bits per heavy atom. The average molecular weight is 287 g/mol. The fourth-order valence-corrected chi connectivity index (χ4v) is 2.62. The topological polar surface area (TPSA) is 21.3 Å². The van der Waals surface area contributed by atoms with Crippen LogP contribution in [0, 0.1) is 5.92 Å². The van der Waals surface area contributed by atoms with E-state index in [9.17, 15) is 13.2 Å². The van der Waals surface area contributed by atoms with Gasteiger partial charge >= 0.3 is 6.18 Å². The Kier molecular flexibility index (Phi) is 4.58. The van der Waals surface area contributed by atoms with E-state index in [-0.39, 0.29) is 12.5 Å². The van der Waals surface area contributed by atoms with Crippen molar-refractivity contribution in [3.63, 3.8) is 0 Å². The third kappa shape index (κ3) is 3.66. The van der Waals surface area contributed by atoms with Crippen molar-refractivity contribution in [3.05, 3.63) is 29.8 Å². The first-order valence-corrected chi connectivity index (χ1v) is 6.94. The molecule has 0 spiro atoms. The van der Waals surface area contributed by atoms with Gasteiger partial charge in [0.25, 0.3) is 0 Å². The minimum atomic E-state index is -4.16. The van der Waals surface area contributed by atoms with E-state index >= 15 is 0 Å². The Morgan fingerprint density at radius 2 is 1.85 bits per heavy atom. The Bertz CT molecular complexity index is 428. The SMILES string of the molecule is CC(C)Oc1ccc(C2NCCCC2C(F)(F)F)cc1. The summed E-state index contributed by atoms with van der Waals surface area (Å²) in [6.07, 6.45) is -3.36. The summed E-state index contributed by atoms with van der Waals surface area (Å²) in [5, 5.41) is 2.99. The van der Waals surface area contributed by atoms with Gasteiger partial charge in [0.15, 0.2) is 0 Å². The zero-order chi connectivity index (χ0) is 14.8. The standard InChI is InChI=1S/C15H20F3NO/c1-10(2)20-12-7-5-11(6-8-12)14-13(15(16,17)18)4-3-9-19-14/h5-8,10,13-14,19H,3-4,9H2,1-2H3. The number of hydrogen-bond acceptors (Lipinski definition) is 2. The van der Waals surface area contributed by atoms with Gasteiger partial charge in [-0.3, -0.25) is 0 Å². The van der Waals surface area contributed by atoms with E-state index in [0.29, 0.717) is 24.3 Å². The maximum absolute atomic E-state index is 13.1. The van der Waals surface area contributed by atoms with Crippen LogP contribution in [0.2, 0.25) is 0 Å². The highest BCUT2D eigenvalue weighted by Gasteiger charge is 2.45. The minimum Gasteiger partial charge on any atom is -0.491 e. The molecule has 20 heavy (non-hydrogen) atoms. The molecule has 1 heterocycles. The highest BCUT2D eigenvalue weighted by molar-refractivity contribution is 5.30. The van der Waals surface area contributed by atoms with Gasteiger partial charge in [0.2, 0.25) is 0 Å². The summed E-state index contributed by atoms with van der Waals surface area (Å²) in [6.45, 7) is 4.45. The normalized spacial score (nSPS) is 23.9. The number of halogens is 3. The van der Waals surface area contributed by atoms with Crippen LogP contribution in [0.3, 0.4) is 0 Å². The second kappa shape index (κ2) is 6.04. The molecule has 0 amide bonds. The van der Waals surface area contributed by atoms with E-state index in [1.165, 1.54) is 0 Å². The van der Waals surface area contributed by atoms with Crippen molar-refractivity contribution in [2.24, 2.45) is 5.92 Å². The third-order valence-electron chi connectivity index (χ3n) is 3.49. The lowest BCUT2D eigenvalue weighted by Gasteiger charge is -2.34. The van der Waals surface area contributed by atoms with Crippen molar-refractivity contribution < 1.29 is 17.9 Å². The maximum atomic E-state index is 13.1. The number of rotatable bonds is 3. The van der Waals surface area contributed by atoms with Gasteiger partial charge in [-0.2, -0.15) is 13.2 Å². The number of alkyl halides is 3. The average Bonchev–Trinajstić information content (AvgIpc) is 2.38. The molecular formula is C15H20F3NO. The van der Waals surface area contributed by atoms with Gasteiger partial charge in [0, 0.05) is 6.04 Å². The van der Waals surface area contributed by atoms with Crippen molar-refractivity contribution in [2.45, 2.75) is 45.0 Å². The molecule has 1 fully saturated rings. The molecule has 112 valence electrons. The molecule has 1 aliphatic heterocycles. The van der Waals surface area contributed by atoms with Crippen LogP contribution >= 0.6 is 0 Å². The predicted molar refractivity (Wildman–Crippen MR) is 71.7 cm³/mol. The van der Waals surface area contributed by atoms with E-state index in [2.05, 4.69) is 5.32 Å². The summed E-state index contributed by atoms with van der Waals surface area (Å²) < 4.78 is 44.7. The van der Waals surface area contributed by atoms with Gasteiger partial charge in [-0.25, -0.2) is 0 Å². The van der Waals surface area contributed by atoms with Gasteiger partial charge in [0.1, 0.15) is 5.75 Å². The highest BCUT2D eigenvalue weighted by atomic mass is 19.4. The molecular weight excluding hydrogens is 267 g/mol. The molecule has 1 saturated heterocycles. The lowest BCUT2D eigenvalue weighted by molar-refractivity contribution is -0.189. The number of ether oxygens (including phenoxy) is 1. The predicted octanol–water partition coefficient (Wildman–Crippen LogP) is 4.08. The Hall–Kier alpha value is -1.23. The van der Waals surface area contributed by atoms with Crippen molar-refractivity contribution in [1.82, 2.24) is 5.32 Å². The third-order valence-corrected chi connectivity index (χ3v) is 3.49. The molecule has 2 atom stereocenters. The molecule has 5 heteroatoms. The Balaban J connectivity index is 2.16. The fourth-order valence-electron chi connectivity index (χ4n) is 2.62. The molecule has 2 nitrogen and oxygen atoms in total. The smallest absolute Gasteiger partial charge is 0.393 e. The Labute approximate surface area is 117 Å². The molecule has 1 aromatic carbocycles. The van der Waals surface area contributed by atoms with Gasteiger partial charge in [-0.05, 0) is 50.9 Å². The van der Waals surface area contributed by atoms with Crippen LogP contribution in [-0.4, -0.2) is 18.8 Å². The zero-order valence-electron chi connectivity index (χ0n) is 11.7. The lowest BCUT2D eigenvalue weighted by Crippen LogP contribution is -2.41. The van der Waals surface area contributed by atoms with Crippen LogP contribution in [0.15, 0.2) is 24.3 Å². The lowest BCUT2D eigenvalue weighted by atomic mass is 9.86. The van der Waals surface area contributed by atoms with Crippen molar-refractivity contribution >= 4 is 0 Å². The van der Waals surface area contributed by atoms with E-state index in [1.807, 2.05) is 13.8 Å². The summed E-state index contributed by atoms with van der Waals surface area (Å²) in [7, 11) is 0. The highest BCUT2D eigenvalue weighted by Crippen LogP contribution is 2.41. The molecule has 0 aliphatic carbocycles. The second-order valence-corrected chi connectivity index (χ2v) is 5.46. The molecule has 1 N–H and O–H groups in total. The van der Waals surface area contributed by atoms with Crippen LogP contribution in [0.25, 0.3) is 0 Å². The van der Waals surface area contributed by atoms with Gasteiger partial charge in [-0.1, -0.05) is 12.1 Å². The molecule has 1 aromatic rings. The molecule has 0 radical (unpaired) electrons. The van der Waals surface area contributed by atoms with E-state index < -0.39 is 18.1 Å². The van der Waals surface area contributed by atoms with Gasteiger partial charge in [0.05, 0.1) is 12.0 Å². The summed E-state index contributed by atoms with van der Waals surface area (Å²) in [6, 6.07) is 6.26. The second-order valence-electron chi connectivity index (χ2n) is 5.46. The van der Waals surface area contributed by atoms with Crippen LogP contribution < -0.4 is 10.1 Å². The first-order valence-electron chi connectivity index (χ1n) is 6.94. The quantitative estimate of drug-likeness (QED) is 0.904. The first kappa shape index (κ1) is 15.2. The molecule has 2 unspecified atom stereocenters. The monoisotopic (exact) mass is 287 g/mol. The van der Waals surface area contributed by atoms with Crippen LogP contribution in [0.1, 0.15) is 38.3 Å². The van der Waals surface area contributed by atoms with Crippen molar-refractivity contribution in [3.8, 4) is 5.75 Å². The number of nitrogens with one attached hydrogen (secondary N) is 1. The molecule has 0 aromatic heterocycles. The fraction of sp³-hybridized carbons (Fsp3) is 0.600. The Morgan fingerprint density at radius 3 is 2.40 bits per heavy atom. The van der Waals surface area contributed by atoms with Gasteiger partial charge < -0.3 is 10.1 Å². The molecule has 0 saturated carbocycles. The van der Waals surface area contributed by atoms with Crippen LogP contribution in [0.4, 0.5) is 13.2 Å². The summed E-state index contributed by atoms with van der Waals surface area (Å²) in [4.78, 5) is 0. The molecule has 0 bridgehead atoms.